The highest BCUT2D eigenvalue weighted by molar-refractivity contribution is 5.83. The maximum absolute atomic E-state index is 12.9. The van der Waals surface area contributed by atoms with Crippen molar-refractivity contribution in [3.05, 3.63) is 76.1 Å². The number of carbonyl (C=O) groups excluding carboxylic acids is 1. The summed E-state index contributed by atoms with van der Waals surface area (Å²) in [7, 11) is 0. The van der Waals surface area contributed by atoms with Gasteiger partial charge >= 0.3 is 5.63 Å². The predicted molar refractivity (Wildman–Crippen MR) is 119 cm³/mol. The van der Waals surface area contributed by atoms with Gasteiger partial charge in [0, 0.05) is 23.1 Å². The van der Waals surface area contributed by atoms with Crippen molar-refractivity contribution in [1.29, 1.82) is 0 Å². The van der Waals surface area contributed by atoms with Crippen LogP contribution in [0.2, 0.25) is 0 Å². The summed E-state index contributed by atoms with van der Waals surface area (Å²) >= 11 is 0. The van der Waals surface area contributed by atoms with Crippen molar-refractivity contribution in [1.82, 2.24) is 4.90 Å². The molecule has 1 atom stereocenters. The second kappa shape index (κ2) is 9.35. The van der Waals surface area contributed by atoms with Crippen LogP contribution in [0.15, 0.2) is 63.8 Å². The molecule has 31 heavy (non-hydrogen) atoms. The Kier molecular flexibility index (Phi) is 6.37. The maximum atomic E-state index is 12.9. The molecular formula is C25H29N2O4+. The highest BCUT2D eigenvalue weighted by atomic mass is 16.5. The number of aryl methyl sites for hydroxylation is 1. The highest BCUT2D eigenvalue weighted by Crippen LogP contribution is 2.24. The van der Waals surface area contributed by atoms with E-state index in [9.17, 15) is 9.59 Å². The molecule has 0 saturated carbocycles. The van der Waals surface area contributed by atoms with E-state index in [1.54, 1.807) is 13.0 Å². The lowest BCUT2D eigenvalue weighted by molar-refractivity contribution is -0.917. The van der Waals surface area contributed by atoms with Gasteiger partial charge in [-0.2, -0.15) is 0 Å². The van der Waals surface area contributed by atoms with Crippen LogP contribution in [0.25, 0.3) is 11.0 Å². The van der Waals surface area contributed by atoms with E-state index in [1.165, 1.54) is 16.5 Å². The lowest BCUT2D eigenvalue weighted by atomic mass is 10.1. The van der Waals surface area contributed by atoms with Crippen LogP contribution in [0.5, 0.6) is 5.75 Å². The first-order valence-electron chi connectivity index (χ1n) is 10.9. The minimum absolute atomic E-state index is 0.0115. The second-order valence-electron chi connectivity index (χ2n) is 8.10. The average molecular weight is 422 g/mol. The van der Waals surface area contributed by atoms with Crippen molar-refractivity contribution in [2.45, 2.75) is 32.9 Å². The second-order valence-corrected chi connectivity index (χ2v) is 8.10. The van der Waals surface area contributed by atoms with Gasteiger partial charge in [0.15, 0.2) is 6.10 Å². The third kappa shape index (κ3) is 4.97. The number of amides is 1. The predicted octanol–water partition coefficient (Wildman–Crippen LogP) is 2.05. The number of nitrogens with one attached hydrogen (secondary N) is 1. The third-order valence-electron chi connectivity index (χ3n) is 5.92. The number of nitrogens with zero attached hydrogens (tertiary/aromatic N) is 1. The molecule has 1 amide bonds. The first-order valence-corrected chi connectivity index (χ1v) is 10.9. The van der Waals surface area contributed by atoms with E-state index in [4.69, 9.17) is 9.15 Å². The normalized spacial score (nSPS) is 15.7. The van der Waals surface area contributed by atoms with E-state index >= 15 is 0 Å². The molecule has 1 aliphatic rings. The minimum atomic E-state index is -0.603. The first kappa shape index (κ1) is 21.1. The molecule has 1 saturated heterocycles. The Morgan fingerprint density at radius 2 is 1.87 bits per heavy atom. The summed E-state index contributed by atoms with van der Waals surface area (Å²) in [6, 6.07) is 17.4. The Balaban J connectivity index is 1.36. The van der Waals surface area contributed by atoms with Gasteiger partial charge in [-0.25, -0.2) is 4.79 Å². The third-order valence-corrected chi connectivity index (χ3v) is 5.92. The van der Waals surface area contributed by atoms with Gasteiger partial charge in [-0.1, -0.05) is 37.3 Å². The van der Waals surface area contributed by atoms with Gasteiger partial charge in [0.05, 0.1) is 26.2 Å². The molecule has 3 aromatic rings. The number of hydrogen-bond donors (Lipinski definition) is 1. The molecule has 162 valence electrons. The molecule has 1 fully saturated rings. The van der Waals surface area contributed by atoms with Gasteiger partial charge in [0.25, 0.3) is 5.91 Å². The summed E-state index contributed by atoms with van der Waals surface area (Å²) in [5, 5.41) is 0.894. The Hall–Kier alpha value is -3.12. The monoisotopic (exact) mass is 421 g/mol. The Labute approximate surface area is 182 Å². The zero-order chi connectivity index (χ0) is 21.8. The van der Waals surface area contributed by atoms with E-state index in [0.29, 0.717) is 11.3 Å². The fourth-order valence-corrected chi connectivity index (χ4v) is 4.19. The van der Waals surface area contributed by atoms with E-state index in [1.807, 2.05) is 30.0 Å². The van der Waals surface area contributed by atoms with Crippen molar-refractivity contribution >= 4 is 16.9 Å². The van der Waals surface area contributed by atoms with Gasteiger partial charge in [-0.3, -0.25) is 4.79 Å². The minimum Gasteiger partial charge on any atom is -0.481 e. The molecule has 0 bridgehead atoms. The number of ether oxygens (including phenoxy) is 1. The zero-order valence-corrected chi connectivity index (χ0v) is 18.1. The summed E-state index contributed by atoms with van der Waals surface area (Å²) in [6.45, 7) is 8.05. The largest absolute Gasteiger partial charge is 0.481 e. The van der Waals surface area contributed by atoms with Crippen molar-refractivity contribution in [3.63, 3.8) is 0 Å². The van der Waals surface area contributed by atoms with Crippen molar-refractivity contribution < 1.29 is 18.8 Å². The highest BCUT2D eigenvalue weighted by Gasteiger charge is 2.28. The topological polar surface area (TPSA) is 64.2 Å². The number of piperazine rings is 1. The fourth-order valence-electron chi connectivity index (χ4n) is 4.19. The molecule has 6 heteroatoms. The summed E-state index contributed by atoms with van der Waals surface area (Å²) in [4.78, 5) is 28.1. The van der Waals surface area contributed by atoms with Crippen LogP contribution in [0.3, 0.4) is 0 Å². The van der Waals surface area contributed by atoms with Crippen LogP contribution in [-0.4, -0.2) is 43.1 Å². The van der Waals surface area contributed by atoms with E-state index in [0.717, 1.165) is 50.1 Å². The van der Waals surface area contributed by atoms with Crippen LogP contribution in [0.1, 0.15) is 25.0 Å². The Morgan fingerprint density at radius 1 is 1.13 bits per heavy atom. The van der Waals surface area contributed by atoms with Crippen LogP contribution < -0.4 is 15.3 Å². The van der Waals surface area contributed by atoms with Crippen molar-refractivity contribution in [2.24, 2.45) is 0 Å². The quantitative estimate of drug-likeness (QED) is 0.619. The SMILES string of the molecule is CCc1cc(=O)oc2cc(O[C@@H](C)C(=O)N3CC[NH+](Cc4ccccc4)CC3)ccc12. The average Bonchev–Trinajstić information content (AvgIpc) is 2.79. The number of carbonyl (C=O) groups is 1. The molecule has 4 rings (SSSR count). The summed E-state index contributed by atoms with van der Waals surface area (Å²) in [5.74, 6) is 0.515. The number of quaternary nitrogens is 1. The molecule has 0 radical (unpaired) electrons. The van der Waals surface area contributed by atoms with Crippen LogP contribution in [0.4, 0.5) is 0 Å². The van der Waals surface area contributed by atoms with Crippen LogP contribution in [-0.2, 0) is 17.8 Å². The van der Waals surface area contributed by atoms with E-state index in [2.05, 4.69) is 24.3 Å². The summed E-state index contributed by atoms with van der Waals surface area (Å²) in [6.07, 6.45) is 0.143. The Bertz CT molecular complexity index is 1100. The Morgan fingerprint density at radius 3 is 2.58 bits per heavy atom. The van der Waals surface area contributed by atoms with Crippen molar-refractivity contribution in [3.8, 4) is 5.75 Å². The van der Waals surface area contributed by atoms with Crippen LogP contribution in [0, 0.1) is 0 Å². The molecule has 1 aliphatic heterocycles. The number of rotatable bonds is 6. The summed E-state index contributed by atoms with van der Waals surface area (Å²) in [5.41, 5.74) is 2.38. The fraction of sp³-hybridized carbons (Fsp3) is 0.360. The van der Waals surface area contributed by atoms with E-state index < -0.39 is 6.10 Å². The smallest absolute Gasteiger partial charge is 0.336 e. The number of benzene rings is 2. The molecule has 1 aromatic heterocycles. The molecule has 1 N–H and O–H groups in total. The number of fused-ring (bicyclic) bond motifs is 1. The molecular weight excluding hydrogens is 392 g/mol. The summed E-state index contributed by atoms with van der Waals surface area (Å²) < 4.78 is 11.2. The first-order chi connectivity index (χ1) is 15.0. The molecule has 0 unspecified atom stereocenters. The van der Waals surface area contributed by atoms with Gasteiger partial charge in [-0.05, 0) is 31.0 Å². The van der Waals surface area contributed by atoms with Gasteiger partial charge in [0.2, 0.25) is 0 Å². The number of hydrogen-bond acceptors (Lipinski definition) is 4. The molecule has 0 aliphatic carbocycles. The molecule has 6 nitrogen and oxygen atoms in total. The van der Waals surface area contributed by atoms with E-state index in [-0.39, 0.29) is 11.5 Å². The van der Waals surface area contributed by atoms with Crippen LogP contribution >= 0.6 is 0 Å². The van der Waals surface area contributed by atoms with Gasteiger partial charge in [0.1, 0.15) is 17.9 Å². The molecule has 2 heterocycles. The van der Waals surface area contributed by atoms with Gasteiger partial charge < -0.3 is 19.0 Å². The maximum Gasteiger partial charge on any atom is 0.336 e. The van der Waals surface area contributed by atoms with Gasteiger partial charge in [-0.15, -0.1) is 0 Å². The standard InChI is InChI=1S/C25H28N2O4/c1-3-20-15-24(28)31-23-16-21(9-10-22(20)23)30-18(2)25(29)27-13-11-26(12-14-27)17-19-7-5-4-6-8-19/h4-10,15-16,18H,3,11-14,17H2,1-2H3/p+1/t18-/m0/s1. The lowest BCUT2D eigenvalue weighted by Gasteiger charge is -2.33. The molecule has 2 aromatic carbocycles. The van der Waals surface area contributed by atoms with Crippen molar-refractivity contribution in [2.75, 3.05) is 26.2 Å². The lowest BCUT2D eigenvalue weighted by Crippen LogP contribution is -3.13. The molecule has 0 spiro atoms. The zero-order valence-electron chi connectivity index (χ0n) is 18.1.